The third-order valence-electron chi connectivity index (χ3n) is 10.1. The van der Waals surface area contributed by atoms with Crippen molar-refractivity contribution in [2.45, 2.75) is 50.6 Å². The van der Waals surface area contributed by atoms with Crippen LogP contribution in [0.1, 0.15) is 43.9 Å². The van der Waals surface area contributed by atoms with Gasteiger partial charge >= 0.3 is 0 Å². The molecule has 0 spiro atoms. The molecule has 0 aliphatic carbocycles. The number of anilines is 1. The zero-order valence-electron chi connectivity index (χ0n) is 25.3. The van der Waals surface area contributed by atoms with Gasteiger partial charge in [-0.2, -0.15) is 0 Å². The van der Waals surface area contributed by atoms with E-state index in [1.54, 1.807) is 13.0 Å². The number of fused-ring (bicyclic) bond motifs is 2. The molecular formula is C35H40FN5O3. The highest BCUT2D eigenvalue weighted by Gasteiger charge is 2.40. The summed E-state index contributed by atoms with van der Waals surface area (Å²) in [6, 6.07) is 21.3. The summed E-state index contributed by atoms with van der Waals surface area (Å²) >= 11 is 0. The van der Waals surface area contributed by atoms with Crippen molar-refractivity contribution in [1.82, 2.24) is 19.9 Å². The fourth-order valence-electron chi connectivity index (χ4n) is 7.47. The minimum Gasteiger partial charge on any atom is -0.477 e. The number of halogens is 1. The average Bonchev–Trinajstić information content (AvgIpc) is 3.47. The first-order chi connectivity index (χ1) is 21.5. The largest absolute Gasteiger partial charge is 0.477 e. The second-order valence-corrected chi connectivity index (χ2v) is 12.7. The molecule has 3 saturated heterocycles. The molecule has 0 bridgehead atoms. The van der Waals surface area contributed by atoms with Gasteiger partial charge in [0.1, 0.15) is 11.6 Å². The lowest BCUT2D eigenvalue weighted by Gasteiger charge is -2.46. The molecule has 3 aliphatic heterocycles. The summed E-state index contributed by atoms with van der Waals surface area (Å²) in [6.07, 6.45) is 3.83. The number of carbonyl (C=O) groups is 1. The minimum absolute atomic E-state index is 0.257. The van der Waals surface area contributed by atoms with Gasteiger partial charge in [-0.15, -0.1) is 0 Å². The Hall–Kier alpha value is -3.82. The Morgan fingerprint density at radius 3 is 2.66 bits per heavy atom. The van der Waals surface area contributed by atoms with Crippen LogP contribution in [0.3, 0.4) is 0 Å². The van der Waals surface area contributed by atoms with Crippen molar-refractivity contribution in [3.05, 3.63) is 83.8 Å². The quantitative estimate of drug-likeness (QED) is 0.265. The Balaban J connectivity index is 0.902. The van der Waals surface area contributed by atoms with Crippen molar-refractivity contribution in [3.63, 3.8) is 0 Å². The van der Waals surface area contributed by atoms with Crippen LogP contribution in [-0.2, 0) is 16.8 Å². The summed E-state index contributed by atoms with van der Waals surface area (Å²) in [4.78, 5) is 24.8. The predicted molar refractivity (Wildman–Crippen MR) is 167 cm³/mol. The van der Waals surface area contributed by atoms with Crippen LogP contribution < -0.4 is 9.64 Å². The number of hydrogen-bond donors (Lipinski definition) is 0. The molecule has 8 nitrogen and oxygen atoms in total. The highest BCUT2D eigenvalue weighted by molar-refractivity contribution is 5.89. The standard InChI is InChI=1S/C35H40FN5O3/c1-25(42)35(27-6-3-2-4-7-27)14-16-39(17-15-35)22-29-8-5-9-33(37-29)43-24-26-10-12-30-23-41(19-18-40(30)21-26)34-31-20-28(36)11-13-32(31)44-38-34/h2-9,11,13,20,26,30H,10,12,14-19,21-24H2,1H3/t26-,30+/m1/s1. The highest BCUT2D eigenvalue weighted by Crippen LogP contribution is 2.37. The van der Waals surface area contributed by atoms with Gasteiger partial charge in [-0.05, 0) is 75.5 Å². The Bertz CT molecular complexity index is 1600. The summed E-state index contributed by atoms with van der Waals surface area (Å²) in [5, 5.41) is 5.01. The SMILES string of the molecule is CC(=O)C1(c2ccccc2)CCN(Cc2cccc(OC[C@@H]3CC[C@H]4CN(c5noc6ccc(F)cc56)CCN4C3)n2)CC1. The molecule has 0 N–H and O–H groups in total. The van der Waals surface area contributed by atoms with Gasteiger partial charge in [-0.1, -0.05) is 41.6 Å². The lowest BCUT2D eigenvalue weighted by atomic mass is 9.70. The molecule has 2 atom stereocenters. The zero-order valence-corrected chi connectivity index (χ0v) is 25.3. The van der Waals surface area contributed by atoms with Gasteiger partial charge in [-0.3, -0.25) is 14.6 Å². The number of aromatic nitrogens is 2. The summed E-state index contributed by atoms with van der Waals surface area (Å²) in [6.45, 7) is 8.50. The predicted octanol–water partition coefficient (Wildman–Crippen LogP) is 5.46. The van der Waals surface area contributed by atoms with E-state index in [-0.39, 0.29) is 17.0 Å². The van der Waals surface area contributed by atoms with Crippen molar-refractivity contribution in [2.24, 2.45) is 5.92 Å². The number of nitrogens with zero attached hydrogens (tertiary/aromatic N) is 5. The zero-order chi connectivity index (χ0) is 30.1. The first-order valence-corrected chi connectivity index (χ1v) is 15.9. The van der Waals surface area contributed by atoms with Crippen LogP contribution in [0, 0.1) is 11.7 Å². The van der Waals surface area contributed by atoms with Crippen LogP contribution in [0.25, 0.3) is 11.0 Å². The molecule has 230 valence electrons. The van der Waals surface area contributed by atoms with Gasteiger partial charge in [0.05, 0.1) is 23.1 Å². The Morgan fingerprint density at radius 2 is 1.84 bits per heavy atom. The first kappa shape index (κ1) is 28.9. The van der Waals surface area contributed by atoms with Gasteiger partial charge in [0.25, 0.3) is 0 Å². The number of hydrogen-bond acceptors (Lipinski definition) is 8. The fraction of sp³-hybridized carbons (Fsp3) is 0.457. The van der Waals surface area contributed by atoms with Crippen molar-refractivity contribution in [1.29, 1.82) is 0 Å². The molecule has 44 heavy (non-hydrogen) atoms. The molecule has 5 heterocycles. The second kappa shape index (κ2) is 12.3. The maximum atomic E-state index is 13.9. The number of pyridine rings is 1. The average molecular weight is 598 g/mol. The van der Waals surface area contributed by atoms with Gasteiger partial charge in [-0.25, -0.2) is 9.37 Å². The summed E-state index contributed by atoms with van der Waals surface area (Å²) in [7, 11) is 0. The molecule has 4 aromatic rings. The van der Waals surface area contributed by atoms with Gasteiger partial charge in [0.15, 0.2) is 11.4 Å². The molecule has 2 aromatic carbocycles. The molecule has 9 heteroatoms. The minimum atomic E-state index is -0.383. The van der Waals surface area contributed by atoms with E-state index in [0.717, 1.165) is 94.0 Å². The number of carbonyl (C=O) groups excluding carboxylic acids is 1. The molecule has 3 aliphatic rings. The Kier molecular flexibility index (Phi) is 8.08. The molecule has 0 saturated carbocycles. The normalized spacial score (nSPS) is 22.5. The Morgan fingerprint density at radius 1 is 1.00 bits per heavy atom. The number of ketones is 1. The van der Waals surface area contributed by atoms with Crippen molar-refractivity contribution in [2.75, 3.05) is 50.8 Å². The maximum Gasteiger partial charge on any atom is 0.213 e. The van der Waals surface area contributed by atoms with Crippen molar-refractivity contribution < 1.29 is 18.4 Å². The van der Waals surface area contributed by atoms with Crippen LogP contribution in [0.5, 0.6) is 5.88 Å². The Labute approximate surface area is 257 Å². The lowest BCUT2D eigenvalue weighted by Crippen LogP contribution is -2.57. The van der Waals surface area contributed by atoms with Crippen LogP contribution in [-0.4, -0.2) is 77.6 Å². The smallest absolute Gasteiger partial charge is 0.213 e. The van der Waals surface area contributed by atoms with E-state index in [4.69, 9.17) is 14.2 Å². The van der Waals surface area contributed by atoms with Gasteiger partial charge in [0.2, 0.25) is 5.88 Å². The lowest BCUT2D eigenvalue weighted by molar-refractivity contribution is -0.124. The van der Waals surface area contributed by atoms with Crippen molar-refractivity contribution in [3.8, 4) is 5.88 Å². The highest BCUT2D eigenvalue weighted by atomic mass is 19.1. The molecule has 0 unspecified atom stereocenters. The third kappa shape index (κ3) is 5.83. The third-order valence-corrected chi connectivity index (χ3v) is 10.1. The van der Waals surface area contributed by atoms with E-state index in [1.807, 2.05) is 30.3 Å². The molecule has 7 rings (SSSR count). The first-order valence-electron chi connectivity index (χ1n) is 15.9. The van der Waals surface area contributed by atoms with Gasteiger partial charge in [0, 0.05) is 50.7 Å². The molecular weight excluding hydrogens is 557 g/mol. The van der Waals surface area contributed by atoms with E-state index in [0.29, 0.717) is 30.0 Å². The number of Topliss-reactive ketones (excluding diaryl/α,β-unsaturated/α-hetero) is 1. The molecule has 0 radical (unpaired) electrons. The maximum absolute atomic E-state index is 13.9. The van der Waals surface area contributed by atoms with Crippen LogP contribution in [0.2, 0.25) is 0 Å². The van der Waals surface area contributed by atoms with E-state index >= 15 is 0 Å². The van der Waals surface area contributed by atoms with Crippen LogP contribution in [0.15, 0.2) is 71.3 Å². The van der Waals surface area contributed by atoms with Crippen LogP contribution >= 0.6 is 0 Å². The topological polar surface area (TPSA) is 74.9 Å². The second-order valence-electron chi connectivity index (χ2n) is 12.7. The molecule has 3 fully saturated rings. The van der Waals surface area contributed by atoms with E-state index < -0.39 is 0 Å². The number of rotatable bonds is 8. The van der Waals surface area contributed by atoms with Crippen molar-refractivity contribution >= 4 is 22.6 Å². The summed E-state index contributed by atoms with van der Waals surface area (Å²) < 4.78 is 25.6. The number of piperazine rings is 1. The monoisotopic (exact) mass is 597 g/mol. The van der Waals surface area contributed by atoms with E-state index in [1.165, 1.54) is 12.1 Å². The number of benzene rings is 2. The number of piperidine rings is 2. The molecule has 0 amide bonds. The number of ether oxygens (including phenoxy) is 1. The molecule has 2 aromatic heterocycles. The van der Waals surface area contributed by atoms with E-state index in [9.17, 15) is 9.18 Å². The number of likely N-dealkylation sites (tertiary alicyclic amines) is 1. The van der Waals surface area contributed by atoms with Gasteiger partial charge < -0.3 is 14.2 Å². The summed E-state index contributed by atoms with van der Waals surface area (Å²) in [5.41, 5.74) is 2.37. The summed E-state index contributed by atoms with van der Waals surface area (Å²) in [5.74, 6) is 1.86. The van der Waals surface area contributed by atoms with Crippen LogP contribution in [0.4, 0.5) is 10.2 Å². The fourth-order valence-corrected chi connectivity index (χ4v) is 7.47. The van der Waals surface area contributed by atoms with E-state index in [2.05, 4.69) is 38.1 Å².